The van der Waals surface area contributed by atoms with E-state index in [0.717, 1.165) is 0 Å². The Kier molecular flexibility index (Phi) is 4.22. The zero-order chi connectivity index (χ0) is 17.3. The summed E-state index contributed by atoms with van der Waals surface area (Å²) in [5, 5.41) is 4.17. The van der Waals surface area contributed by atoms with Gasteiger partial charge in [-0.3, -0.25) is 14.4 Å². The number of ketones is 2. The van der Waals surface area contributed by atoms with Gasteiger partial charge in [-0.25, -0.2) is 0 Å². The van der Waals surface area contributed by atoms with Gasteiger partial charge in [0.1, 0.15) is 24.1 Å². The first-order valence-corrected chi connectivity index (χ1v) is 8.09. The largest absolute Gasteiger partial charge is 0.426 e. The van der Waals surface area contributed by atoms with Crippen LogP contribution < -0.4 is 4.74 Å². The SMILES string of the molecule is CCON=C(CC)C12CC(=O)CC(=O)C1C(=O)Oc1ccccc12. The predicted octanol–water partition coefficient (Wildman–Crippen LogP) is 2.19. The van der Waals surface area contributed by atoms with Gasteiger partial charge in [-0.05, 0) is 19.4 Å². The van der Waals surface area contributed by atoms with E-state index in [1.165, 1.54) is 0 Å². The molecule has 0 N–H and O–H groups in total. The maximum Gasteiger partial charge on any atom is 0.323 e. The molecule has 1 fully saturated rings. The molecule has 1 aliphatic carbocycles. The predicted molar refractivity (Wildman–Crippen MR) is 85.8 cm³/mol. The normalized spacial score (nSPS) is 26.5. The van der Waals surface area contributed by atoms with E-state index in [2.05, 4.69) is 5.16 Å². The monoisotopic (exact) mass is 329 g/mol. The molecule has 1 aromatic rings. The lowest BCUT2D eigenvalue weighted by atomic mass is 9.57. The third-order valence-corrected chi connectivity index (χ3v) is 4.63. The average molecular weight is 329 g/mol. The van der Waals surface area contributed by atoms with E-state index in [9.17, 15) is 14.4 Å². The number of benzene rings is 1. The number of fused-ring (bicyclic) bond motifs is 3. The van der Waals surface area contributed by atoms with Crippen molar-refractivity contribution in [1.29, 1.82) is 0 Å². The Balaban J connectivity index is 2.29. The minimum Gasteiger partial charge on any atom is -0.426 e. The van der Waals surface area contributed by atoms with E-state index in [4.69, 9.17) is 9.57 Å². The van der Waals surface area contributed by atoms with Gasteiger partial charge >= 0.3 is 5.97 Å². The molecule has 3 rings (SSSR count). The molecule has 24 heavy (non-hydrogen) atoms. The lowest BCUT2D eigenvalue weighted by Gasteiger charge is -2.45. The Bertz CT molecular complexity index is 739. The van der Waals surface area contributed by atoms with Crippen LogP contribution in [-0.2, 0) is 24.6 Å². The lowest BCUT2D eigenvalue weighted by molar-refractivity contribution is -0.151. The van der Waals surface area contributed by atoms with Crippen LogP contribution in [0.15, 0.2) is 29.4 Å². The minimum atomic E-state index is -1.11. The van der Waals surface area contributed by atoms with Crippen molar-refractivity contribution in [2.24, 2.45) is 11.1 Å². The van der Waals surface area contributed by atoms with Crippen molar-refractivity contribution in [2.45, 2.75) is 38.5 Å². The Morgan fingerprint density at radius 1 is 1.29 bits per heavy atom. The van der Waals surface area contributed by atoms with E-state index in [-0.39, 0.29) is 18.6 Å². The molecule has 126 valence electrons. The van der Waals surface area contributed by atoms with E-state index in [0.29, 0.717) is 30.1 Å². The van der Waals surface area contributed by atoms with Crippen LogP contribution in [0, 0.1) is 5.92 Å². The van der Waals surface area contributed by atoms with Crippen molar-refractivity contribution >= 4 is 23.2 Å². The minimum absolute atomic E-state index is 0.0509. The molecule has 0 saturated heterocycles. The van der Waals surface area contributed by atoms with Crippen LogP contribution >= 0.6 is 0 Å². The molecular weight excluding hydrogens is 310 g/mol. The molecule has 2 aliphatic rings. The molecule has 2 unspecified atom stereocenters. The topological polar surface area (TPSA) is 82.0 Å². The molecule has 0 bridgehead atoms. The lowest BCUT2D eigenvalue weighted by Crippen LogP contribution is -2.58. The average Bonchev–Trinajstić information content (AvgIpc) is 2.54. The molecule has 2 atom stereocenters. The number of rotatable bonds is 4. The highest BCUT2D eigenvalue weighted by atomic mass is 16.6. The van der Waals surface area contributed by atoms with Gasteiger partial charge in [0, 0.05) is 12.0 Å². The third-order valence-electron chi connectivity index (χ3n) is 4.63. The standard InChI is InChI=1S/C18H19NO5/c1-3-15(19-23-4-2)18-10-11(20)9-13(21)16(18)17(22)24-14-8-6-5-7-12(14)18/h5-8,16H,3-4,9-10H2,1-2H3. The zero-order valence-corrected chi connectivity index (χ0v) is 13.7. The van der Waals surface area contributed by atoms with Gasteiger partial charge < -0.3 is 9.57 Å². The second kappa shape index (κ2) is 6.19. The van der Waals surface area contributed by atoms with Gasteiger partial charge in [0.15, 0.2) is 5.78 Å². The van der Waals surface area contributed by atoms with Crippen molar-refractivity contribution in [3.8, 4) is 5.75 Å². The molecule has 1 saturated carbocycles. The molecule has 6 nitrogen and oxygen atoms in total. The van der Waals surface area contributed by atoms with Crippen molar-refractivity contribution in [2.75, 3.05) is 6.61 Å². The van der Waals surface area contributed by atoms with Crippen LogP contribution in [0.25, 0.3) is 0 Å². The highest BCUT2D eigenvalue weighted by Crippen LogP contribution is 2.50. The first-order chi connectivity index (χ1) is 11.5. The van der Waals surface area contributed by atoms with Gasteiger partial charge in [0.2, 0.25) is 0 Å². The summed E-state index contributed by atoms with van der Waals surface area (Å²) in [7, 11) is 0. The van der Waals surface area contributed by atoms with Gasteiger partial charge in [0.25, 0.3) is 0 Å². The van der Waals surface area contributed by atoms with E-state index in [1.807, 2.05) is 6.92 Å². The maximum atomic E-state index is 12.6. The summed E-state index contributed by atoms with van der Waals surface area (Å²) < 4.78 is 5.36. The fourth-order valence-corrected chi connectivity index (χ4v) is 3.75. The van der Waals surface area contributed by atoms with E-state index in [1.54, 1.807) is 31.2 Å². The second-order valence-electron chi connectivity index (χ2n) is 5.99. The highest BCUT2D eigenvalue weighted by molar-refractivity contribution is 6.19. The van der Waals surface area contributed by atoms with E-state index >= 15 is 0 Å². The van der Waals surface area contributed by atoms with Gasteiger partial charge in [-0.1, -0.05) is 30.3 Å². The maximum absolute atomic E-state index is 12.6. The van der Waals surface area contributed by atoms with Crippen molar-refractivity contribution in [3.05, 3.63) is 29.8 Å². The van der Waals surface area contributed by atoms with Crippen LogP contribution in [0.2, 0.25) is 0 Å². The van der Waals surface area contributed by atoms with Crippen LogP contribution in [-0.4, -0.2) is 29.9 Å². The number of hydrogen-bond donors (Lipinski definition) is 0. The number of hydrogen-bond acceptors (Lipinski definition) is 6. The smallest absolute Gasteiger partial charge is 0.323 e. The number of carbonyl (C=O) groups excluding carboxylic acids is 3. The Hall–Kier alpha value is -2.50. The molecular formula is C18H19NO5. The zero-order valence-electron chi connectivity index (χ0n) is 13.7. The van der Waals surface area contributed by atoms with Crippen molar-refractivity contribution in [1.82, 2.24) is 0 Å². The first-order valence-electron chi connectivity index (χ1n) is 8.09. The summed E-state index contributed by atoms with van der Waals surface area (Å²) in [4.78, 5) is 42.6. The highest BCUT2D eigenvalue weighted by Gasteiger charge is 2.60. The van der Waals surface area contributed by atoms with E-state index < -0.39 is 23.1 Å². The Morgan fingerprint density at radius 2 is 2.04 bits per heavy atom. The third kappa shape index (κ3) is 2.33. The summed E-state index contributed by atoms with van der Waals surface area (Å²) in [5.41, 5.74) is 0.0681. The molecule has 1 aliphatic heterocycles. The number of carbonyl (C=O) groups is 3. The van der Waals surface area contributed by atoms with Gasteiger partial charge in [0.05, 0.1) is 17.5 Å². The second-order valence-corrected chi connectivity index (χ2v) is 5.99. The summed E-state index contributed by atoms with van der Waals surface area (Å²) in [6, 6.07) is 7.01. The number of nitrogens with zero attached hydrogens (tertiary/aromatic N) is 1. The summed E-state index contributed by atoms with van der Waals surface area (Å²) in [6.45, 7) is 4.03. The number of ether oxygens (including phenoxy) is 1. The van der Waals surface area contributed by atoms with Gasteiger partial charge in [-0.15, -0.1) is 0 Å². The summed E-state index contributed by atoms with van der Waals surface area (Å²) >= 11 is 0. The number of oxime groups is 1. The van der Waals surface area contributed by atoms with Crippen molar-refractivity contribution < 1.29 is 24.0 Å². The van der Waals surface area contributed by atoms with Crippen LogP contribution in [0.3, 0.4) is 0 Å². The Labute approximate surface area is 139 Å². The fraction of sp³-hybridized carbons (Fsp3) is 0.444. The summed E-state index contributed by atoms with van der Waals surface area (Å²) in [5.74, 6) is -1.91. The number of para-hydroxylation sites is 1. The summed E-state index contributed by atoms with van der Waals surface area (Å²) in [6.07, 6.45) is 0.267. The Morgan fingerprint density at radius 3 is 2.75 bits per heavy atom. The number of Topliss-reactive ketones (excluding diaryl/α,β-unsaturated/α-hetero) is 2. The molecule has 6 heteroatoms. The molecule has 0 amide bonds. The van der Waals surface area contributed by atoms with Crippen LogP contribution in [0.1, 0.15) is 38.7 Å². The molecule has 1 heterocycles. The van der Waals surface area contributed by atoms with Gasteiger partial charge in [-0.2, -0.15) is 0 Å². The quantitative estimate of drug-likeness (QED) is 0.278. The molecule has 0 spiro atoms. The van der Waals surface area contributed by atoms with Crippen LogP contribution in [0.4, 0.5) is 0 Å². The first kappa shape index (κ1) is 16.4. The molecule has 0 radical (unpaired) electrons. The van der Waals surface area contributed by atoms with Crippen LogP contribution in [0.5, 0.6) is 5.75 Å². The number of esters is 1. The fourth-order valence-electron chi connectivity index (χ4n) is 3.75. The molecule has 0 aromatic heterocycles. The van der Waals surface area contributed by atoms with Crippen molar-refractivity contribution in [3.63, 3.8) is 0 Å². The molecule has 1 aromatic carbocycles.